The lowest BCUT2D eigenvalue weighted by Gasteiger charge is -2.39. The van der Waals surface area contributed by atoms with Gasteiger partial charge in [0.2, 0.25) is 0 Å². The lowest BCUT2D eigenvalue weighted by atomic mass is 9.72. The van der Waals surface area contributed by atoms with Gasteiger partial charge in [0.1, 0.15) is 0 Å². The predicted molar refractivity (Wildman–Crippen MR) is 87.8 cm³/mol. The molecule has 4 heteroatoms. The summed E-state index contributed by atoms with van der Waals surface area (Å²) in [7, 11) is 2.04. The van der Waals surface area contributed by atoms with Crippen molar-refractivity contribution in [3.63, 3.8) is 0 Å². The number of imidazole rings is 1. The maximum atomic E-state index is 5.62. The molecule has 22 heavy (non-hydrogen) atoms. The molecule has 3 rings (SSSR count). The molecule has 0 aliphatic carbocycles. The van der Waals surface area contributed by atoms with E-state index in [1.165, 1.54) is 16.8 Å². The highest BCUT2D eigenvalue weighted by Crippen LogP contribution is 2.36. The summed E-state index contributed by atoms with van der Waals surface area (Å²) in [5.74, 6) is 0. The predicted octanol–water partition coefficient (Wildman–Crippen LogP) is 2.57. The Morgan fingerprint density at radius 3 is 2.73 bits per heavy atom. The molecule has 0 saturated carbocycles. The van der Waals surface area contributed by atoms with Crippen LogP contribution in [-0.2, 0) is 23.7 Å². The maximum Gasteiger partial charge on any atom is 0.0945 e. The second kappa shape index (κ2) is 6.63. The zero-order valence-corrected chi connectivity index (χ0v) is 13.5. The normalized spacial score (nSPS) is 17.5. The largest absolute Gasteiger partial charge is 0.381 e. The summed E-state index contributed by atoms with van der Waals surface area (Å²) in [6, 6.07) is 8.77. The van der Waals surface area contributed by atoms with Gasteiger partial charge in [0, 0.05) is 45.0 Å². The highest BCUT2D eigenvalue weighted by molar-refractivity contribution is 5.34. The third-order valence-corrected chi connectivity index (χ3v) is 4.85. The number of nitrogens with zero attached hydrogens (tertiary/aromatic N) is 2. The molecule has 1 aromatic carbocycles. The van der Waals surface area contributed by atoms with Gasteiger partial charge in [-0.05, 0) is 30.9 Å². The molecule has 0 unspecified atom stereocenters. The topological polar surface area (TPSA) is 39.1 Å². The van der Waals surface area contributed by atoms with E-state index in [0.29, 0.717) is 0 Å². The number of nitrogens with one attached hydrogen (secondary N) is 1. The number of hydrogen-bond donors (Lipinski definition) is 1. The Kier molecular flexibility index (Phi) is 4.60. The lowest BCUT2D eigenvalue weighted by Crippen LogP contribution is -2.43. The van der Waals surface area contributed by atoms with Gasteiger partial charge in [0.25, 0.3) is 0 Å². The van der Waals surface area contributed by atoms with Crippen LogP contribution in [0.3, 0.4) is 0 Å². The summed E-state index contributed by atoms with van der Waals surface area (Å²) in [4.78, 5) is 4.18. The number of benzene rings is 1. The van der Waals surface area contributed by atoms with Crippen molar-refractivity contribution in [2.24, 2.45) is 7.05 Å². The number of aryl methyl sites for hydroxylation is 2. The van der Waals surface area contributed by atoms with Gasteiger partial charge in [0.15, 0.2) is 0 Å². The first-order chi connectivity index (χ1) is 10.7. The first-order valence-electron chi connectivity index (χ1n) is 8.01. The second-order valence-electron chi connectivity index (χ2n) is 6.31. The van der Waals surface area contributed by atoms with Crippen LogP contribution >= 0.6 is 0 Å². The molecule has 1 fully saturated rings. The van der Waals surface area contributed by atoms with Crippen LogP contribution in [0.5, 0.6) is 0 Å². The molecule has 1 aliphatic rings. The van der Waals surface area contributed by atoms with Gasteiger partial charge in [-0.15, -0.1) is 0 Å². The number of aromatic nitrogens is 2. The fourth-order valence-electron chi connectivity index (χ4n) is 3.46. The molecule has 1 aromatic heterocycles. The summed E-state index contributed by atoms with van der Waals surface area (Å²) >= 11 is 0. The second-order valence-corrected chi connectivity index (χ2v) is 6.31. The summed E-state index contributed by atoms with van der Waals surface area (Å²) in [6.45, 7) is 5.74. The Balaban J connectivity index is 1.75. The Morgan fingerprint density at radius 2 is 2.05 bits per heavy atom. The highest BCUT2D eigenvalue weighted by atomic mass is 16.5. The molecule has 1 aliphatic heterocycles. The molecule has 0 amide bonds. The van der Waals surface area contributed by atoms with E-state index < -0.39 is 0 Å². The molecule has 118 valence electrons. The van der Waals surface area contributed by atoms with Gasteiger partial charge in [-0.25, -0.2) is 4.98 Å². The van der Waals surface area contributed by atoms with Crippen LogP contribution in [0.15, 0.2) is 36.8 Å². The number of rotatable bonds is 5. The molecule has 0 spiro atoms. The third kappa shape index (κ3) is 3.08. The van der Waals surface area contributed by atoms with Crippen molar-refractivity contribution in [2.75, 3.05) is 19.8 Å². The molecule has 1 N–H and O–H groups in total. The lowest BCUT2D eigenvalue weighted by molar-refractivity contribution is 0.0495. The van der Waals surface area contributed by atoms with Crippen LogP contribution in [0.2, 0.25) is 0 Å². The minimum atomic E-state index is 0.183. The van der Waals surface area contributed by atoms with Gasteiger partial charge in [-0.1, -0.05) is 24.3 Å². The molecule has 1 saturated heterocycles. The van der Waals surface area contributed by atoms with Gasteiger partial charge < -0.3 is 14.6 Å². The van der Waals surface area contributed by atoms with Crippen LogP contribution < -0.4 is 5.32 Å². The molecule has 0 radical (unpaired) electrons. The van der Waals surface area contributed by atoms with Gasteiger partial charge in [-0.3, -0.25) is 0 Å². The molecule has 4 nitrogen and oxygen atoms in total. The van der Waals surface area contributed by atoms with E-state index in [-0.39, 0.29) is 5.41 Å². The number of hydrogen-bond acceptors (Lipinski definition) is 3. The monoisotopic (exact) mass is 299 g/mol. The van der Waals surface area contributed by atoms with Crippen molar-refractivity contribution in [3.8, 4) is 0 Å². The van der Waals surface area contributed by atoms with E-state index in [1.807, 2.05) is 19.6 Å². The summed E-state index contributed by atoms with van der Waals surface area (Å²) in [6.07, 6.45) is 5.94. The fraction of sp³-hybridized carbons (Fsp3) is 0.500. The quantitative estimate of drug-likeness (QED) is 0.922. The van der Waals surface area contributed by atoms with E-state index >= 15 is 0 Å². The molecular weight excluding hydrogens is 274 g/mol. The van der Waals surface area contributed by atoms with Crippen molar-refractivity contribution >= 4 is 0 Å². The van der Waals surface area contributed by atoms with Crippen molar-refractivity contribution in [1.29, 1.82) is 0 Å². The number of ether oxygens (including phenoxy) is 1. The van der Waals surface area contributed by atoms with Crippen LogP contribution in [0.4, 0.5) is 0 Å². The Labute approximate surface area is 132 Å². The van der Waals surface area contributed by atoms with E-state index in [2.05, 4.69) is 46.1 Å². The third-order valence-electron chi connectivity index (χ3n) is 4.85. The van der Waals surface area contributed by atoms with E-state index in [1.54, 1.807) is 0 Å². The minimum Gasteiger partial charge on any atom is -0.381 e. The molecule has 2 heterocycles. The van der Waals surface area contributed by atoms with Crippen molar-refractivity contribution < 1.29 is 4.74 Å². The molecular formula is C18H25N3O. The molecule has 2 aromatic rings. The first kappa shape index (κ1) is 15.3. The first-order valence-corrected chi connectivity index (χ1v) is 8.01. The van der Waals surface area contributed by atoms with Crippen LogP contribution in [0, 0.1) is 6.92 Å². The van der Waals surface area contributed by atoms with Crippen molar-refractivity contribution in [3.05, 3.63) is 53.6 Å². The van der Waals surface area contributed by atoms with E-state index in [0.717, 1.165) is 39.1 Å². The average molecular weight is 299 g/mol. The summed E-state index contributed by atoms with van der Waals surface area (Å²) < 4.78 is 7.68. The van der Waals surface area contributed by atoms with Crippen molar-refractivity contribution in [2.45, 2.75) is 31.7 Å². The highest BCUT2D eigenvalue weighted by Gasteiger charge is 2.35. The zero-order chi connectivity index (χ0) is 15.4. The van der Waals surface area contributed by atoms with Crippen LogP contribution in [-0.4, -0.2) is 29.3 Å². The maximum absolute atomic E-state index is 5.62. The average Bonchev–Trinajstić information content (AvgIpc) is 2.94. The summed E-state index contributed by atoms with van der Waals surface area (Å²) in [5.41, 5.74) is 4.25. The van der Waals surface area contributed by atoms with Gasteiger partial charge >= 0.3 is 0 Å². The zero-order valence-electron chi connectivity index (χ0n) is 13.5. The van der Waals surface area contributed by atoms with Crippen molar-refractivity contribution in [1.82, 2.24) is 14.9 Å². The van der Waals surface area contributed by atoms with Crippen LogP contribution in [0.1, 0.15) is 29.7 Å². The standard InChI is InChI=1S/C18H25N3O/c1-15-5-3-4-6-17(15)18(7-9-22-10-8-18)13-19-11-16-12-20-14-21(16)2/h3-6,12,14,19H,7-11,13H2,1-2H3. The Morgan fingerprint density at radius 1 is 1.27 bits per heavy atom. The summed E-state index contributed by atoms with van der Waals surface area (Å²) in [5, 5.41) is 3.65. The van der Waals surface area contributed by atoms with E-state index in [4.69, 9.17) is 4.74 Å². The Hall–Kier alpha value is -1.65. The minimum absolute atomic E-state index is 0.183. The van der Waals surface area contributed by atoms with E-state index in [9.17, 15) is 0 Å². The van der Waals surface area contributed by atoms with Gasteiger partial charge in [0.05, 0.1) is 12.0 Å². The van der Waals surface area contributed by atoms with Crippen LogP contribution in [0.25, 0.3) is 0 Å². The van der Waals surface area contributed by atoms with Gasteiger partial charge in [-0.2, -0.15) is 0 Å². The SMILES string of the molecule is Cc1ccccc1C1(CNCc2cncn2C)CCOCC1. The Bertz CT molecular complexity index is 614. The fourth-order valence-corrected chi connectivity index (χ4v) is 3.46. The molecule has 0 bridgehead atoms. The smallest absolute Gasteiger partial charge is 0.0945 e. The molecule has 0 atom stereocenters.